The molecule has 5 heteroatoms. The Kier molecular flexibility index (Phi) is 3.76. The largest absolute Gasteiger partial charge is 0.508 e. The Morgan fingerprint density at radius 1 is 0.913 bits per heavy atom. The highest BCUT2D eigenvalue weighted by Crippen LogP contribution is 2.38. The van der Waals surface area contributed by atoms with Crippen molar-refractivity contribution in [2.75, 3.05) is 0 Å². The Bertz CT molecular complexity index is 877. The first kappa shape index (κ1) is 14.7. The summed E-state index contributed by atoms with van der Waals surface area (Å²) < 4.78 is 0. The van der Waals surface area contributed by atoms with Crippen LogP contribution in [0.3, 0.4) is 0 Å². The SMILES string of the molecule is NC(=O)NC(c1ccccc1O)c1c(O)ccc2ccccc12. The zero-order valence-electron chi connectivity index (χ0n) is 12.2. The minimum Gasteiger partial charge on any atom is -0.508 e. The number of nitrogens with one attached hydrogen (secondary N) is 1. The molecule has 0 aliphatic rings. The van der Waals surface area contributed by atoms with Crippen molar-refractivity contribution in [1.29, 1.82) is 0 Å². The quantitative estimate of drug-likeness (QED) is 0.599. The van der Waals surface area contributed by atoms with Gasteiger partial charge in [-0.1, -0.05) is 48.5 Å². The van der Waals surface area contributed by atoms with Gasteiger partial charge in [0.2, 0.25) is 0 Å². The van der Waals surface area contributed by atoms with Crippen LogP contribution in [0.4, 0.5) is 4.79 Å². The Morgan fingerprint density at radius 3 is 2.35 bits per heavy atom. The van der Waals surface area contributed by atoms with Crippen LogP contribution in [0.25, 0.3) is 10.8 Å². The molecule has 3 aromatic rings. The monoisotopic (exact) mass is 308 g/mol. The lowest BCUT2D eigenvalue weighted by molar-refractivity contribution is 0.246. The molecule has 5 nitrogen and oxygen atoms in total. The normalized spacial score (nSPS) is 12.0. The number of aromatic hydroxyl groups is 2. The summed E-state index contributed by atoms with van der Waals surface area (Å²) in [5, 5.41) is 24.8. The maximum absolute atomic E-state index is 11.5. The number of amides is 2. The number of hydrogen-bond donors (Lipinski definition) is 4. The molecular formula is C18H16N2O3. The predicted octanol–water partition coefficient (Wildman–Crippen LogP) is 3.01. The van der Waals surface area contributed by atoms with E-state index in [0.29, 0.717) is 11.1 Å². The van der Waals surface area contributed by atoms with Crippen molar-refractivity contribution in [2.24, 2.45) is 5.73 Å². The van der Waals surface area contributed by atoms with E-state index in [2.05, 4.69) is 5.32 Å². The molecule has 116 valence electrons. The van der Waals surface area contributed by atoms with Crippen LogP contribution in [0.5, 0.6) is 11.5 Å². The average Bonchev–Trinajstić information content (AvgIpc) is 2.53. The molecule has 5 N–H and O–H groups in total. The highest BCUT2D eigenvalue weighted by Gasteiger charge is 2.23. The van der Waals surface area contributed by atoms with Crippen molar-refractivity contribution in [2.45, 2.75) is 6.04 Å². The lowest BCUT2D eigenvalue weighted by Gasteiger charge is -2.22. The molecule has 0 spiro atoms. The van der Waals surface area contributed by atoms with Gasteiger partial charge in [0.25, 0.3) is 0 Å². The van der Waals surface area contributed by atoms with Gasteiger partial charge in [-0.15, -0.1) is 0 Å². The second kappa shape index (κ2) is 5.88. The van der Waals surface area contributed by atoms with E-state index in [0.717, 1.165) is 10.8 Å². The highest BCUT2D eigenvalue weighted by atomic mass is 16.3. The number of carbonyl (C=O) groups is 1. The van der Waals surface area contributed by atoms with Crippen molar-refractivity contribution in [1.82, 2.24) is 5.32 Å². The van der Waals surface area contributed by atoms with E-state index in [-0.39, 0.29) is 11.5 Å². The van der Waals surface area contributed by atoms with E-state index in [1.165, 1.54) is 6.07 Å². The van der Waals surface area contributed by atoms with Gasteiger partial charge >= 0.3 is 6.03 Å². The van der Waals surface area contributed by atoms with E-state index in [4.69, 9.17) is 5.73 Å². The summed E-state index contributed by atoms with van der Waals surface area (Å²) in [5.41, 5.74) is 6.24. The lowest BCUT2D eigenvalue weighted by atomic mass is 9.92. The summed E-state index contributed by atoms with van der Waals surface area (Å²) in [6, 6.07) is 16.0. The fourth-order valence-corrected chi connectivity index (χ4v) is 2.77. The van der Waals surface area contributed by atoms with Gasteiger partial charge in [0, 0.05) is 11.1 Å². The first-order valence-corrected chi connectivity index (χ1v) is 7.12. The van der Waals surface area contributed by atoms with Gasteiger partial charge in [0.1, 0.15) is 11.5 Å². The molecule has 0 aliphatic carbocycles. The molecule has 0 aliphatic heterocycles. The predicted molar refractivity (Wildman–Crippen MR) is 88.3 cm³/mol. The Hall–Kier alpha value is -3.21. The molecule has 3 rings (SSSR count). The Labute approximate surface area is 133 Å². The molecule has 23 heavy (non-hydrogen) atoms. The molecular weight excluding hydrogens is 292 g/mol. The summed E-state index contributed by atoms with van der Waals surface area (Å²) in [6.45, 7) is 0. The maximum Gasteiger partial charge on any atom is 0.312 e. The van der Waals surface area contributed by atoms with Crippen LogP contribution >= 0.6 is 0 Å². The Morgan fingerprint density at radius 2 is 1.61 bits per heavy atom. The maximum atomic E-state index is 11.5. The molecule has 0 bridgehead atoms. The first-order valence-electron chi connectivity index (χ1n) is 7.12. The van der Waals surface area contributed by atoms with Gasteiger partial charge in [0.05, 0.1) is 6.04 Å². The lowest BCUT2D eigenvalue weighted by Crippen LogP contribution is -2.34. The average molecular weight is 308 g/mol. The van der Waals surface area contributed by atoms with Crippen molar-refractivity contribution in [3.8, 4) is 11.5 Å². The van der Waals surface area contributed by atoms with Crippen LogP contribution in [0.15, 0.2) is 60.7 Å². The smallest absolute Gasteiger partial charge is 0.312 e. The minimum absolute atomic E-state index is 0.0126. The van der Waals surface area contributed by atoms with Gasteiger partial charge in [-0.25, -0.2) is 4.79 Å². The third kappa shape index (κ3) is 2.76. The minimum atomic E-state index is -0.764. The van der Waals surface area contributed by atoms with Crippen LogP contribution in [-0.2, 0) is 0 Å². The topological polar surface area (TPSA) is 95.6 Å². The van der Waals surface area contributed by atoms with Crippen molar-refractivity contribution < 1.29 is 15.0 Å². The van der Waals surface area contributed by atoms with Gasteiger partial charge < -0.3 is 21.3 Å². The van der Waals surface area contributed by atoms with E-state index < -0.39 is 12.1 Å². The molecule has 0 saturated carbocycles. The molecule has 1 unspecified atom stereocenters. The van der Waals surface area contributed by atoms with E-state index >= 15 is 0 Å². The molecule has 0 fully saturated rings. The number of carbonyl (C=O) groups excluding carboxylic acids is 1. The van der Waals surface area contributed by atoms with Crippen molar-refractivity contribution in [3.63, 3.8) is 0 Å². The van der Waals surface area contributed by atoms with Gasteiger partial charge in [-0.05, 0) is 22.9 Å². The molecule has 0 saturated heterocycles. The molecule has 0 heterocycles. The van der Waals surface area contributed by atoms with E-state index in [1.54, 1.807) is 30.3 Å². The summed E-state index contributed by atoms with van der Waals surface area (Å²) in [4.78, 5) is 11.5. The van der Waals surface area contributed by atoms with Gasteiger partial charge in [0.15, 0.2) is 0 Å². The summed E-state index contributed by atoms with van der Waals surface area (Å²) in [5.74, 6) is 0.0317. The van der Waals surface area contributed by atoms with E-state index in [1.807, 2.05) is 24.3 Å². The summed E-state index contributed by atoms with van der Waals surface area (Å²) >= 11 is 0. The van der Waals surface area contributed by atoms with E-state index in [9.17, 15) is 15.0 Å². The number of para-hydroxylation sites is 1. The van der Waals surface area contributed by atoms with Crippen LogP contribution in [-0.4, -0.2) is 16.2 Å². The molecule has 2 amide bonds. The van der Waals surface area contributed by atoms with Crippen LogP contribution in [0.2, 0.25) is 0 Å². The second-order valence-corrected chi connectivity index (χ2v) is 5.22. The number of nitrogens with two attached hydrogens (primary N) is 1. The number of rotatable bonds is 3. The van der Waals surface area contributed by atoms with Gasteiger partial charge in [-0.2, -0.15) is 0 Å². The zero-order valence-corrected chi connectivity index (χ0v) is 12.2. The number of phenols is 2. The van der Waals surface area contributed by atoms with Crippen LogP contribution in [0.1, 0.15) is 17.2 Å². The summed E-state index contributed by atoms with van der Waals surface area (Å²) in [7, 11) is 0. The standard InChI is InChI=1S/C18H16N2O3/c19-18(23)20-17(13-7-3-4-8-14(13)21)16-12-6-2-1-5-11(12)9-10-15(16)22/h1-10,17,21-22H,(H3,19,20,23). The Balaban J connectivity index is 2.28. The third-order valence-corrected chi connectivity index (χ3v) is 3.77. The van der Waals surface area contributed by atoms with Crippen molar-refractivity contribution >= 4 is 16.8 Å². The third-order valence-electron chi connectivity index (χ3n) is 3.77. The highest BCUT2D eigenvalue weighted by molar-refractivity contribution is 5.89. The number of benzene rings is 3. The molecule has 0 aromatic heterocycles. The van der Waals surface area contributed by atoms with Gasteiger partial charge in [-0.3, -0.25) is 0 Å². The van der Waals surface area contributed by atoms with Crippen LogP contribution in [0, 0.1) is 0 Å². The van der Waals surface area contributed by atoms with Crippen molar-refractivity contribution in [3.05, 3.63) is 71.8 Å². The summed E-state index contributed by atoms with van der Waals surface area (Å²) in [6.07, 6.45) is 0. The number of urea groups is 1. The first-order chi connectivity index (χ1) is 11.1. The number of fused-ring (bicyclic) bond motifs is 1. The number of primary amides is 1. The van der Waals surface area contributed by atoms with Crippen LogP contribution < -0.4 is 11.1 Å². The zero-order chi connectivity index (χ0) is 16.4. The molecule has 1 atom stereocenters. The molecule has 0 radical (unpaired) electrons. The number of phenolic OH excluding ortho intramolecular Hbond substituents is 2. The number of hydrogen-bond acceptors (Lipinski definition) is 3. The fraction of sp³-hybridized carbons (Fsp3) is 0.0556. The molecule has 3 aromatic carbocycles. The second-order valence-electron chi connectivity index (χ2n) is 5.22. The fourth-order valence-electron chi connectivity index (χ4n) is 2.77.